The SMILES string of the molecule is Cc1ccc(CC(=O)C2(c3ccc4c(c3)OCO4)CC2)cc1-c1ccc(C(=O)N2CCC[C@H]2C(N)=O)cc1. The first-order chi connectivity index (χ1) is 18.4. The molecule has 1 aliphatic carbocycles. The maximum Gasteiger partial charge on any atom is 0.254 e. The molecule has 3 aromatic carbocycles. The Bertz CT molecular complexity index is 1440. The lowest BCUT2D eigenvalue weighted by Crippen LogP contribution is -2.43. The molecule has 7 heteroatoms. The van der Waals surface area contributed by atoms with Gasteiger partial charge in [0.2, 0.25) is 12.7 Å². The summed E-state index contributed by atoms with van der Waals surface area (Å²) in [6, 6.07) is 18.8. The number of aryl methyl sites for hydroxylation is 1. The van der Waals surface area contributed by atoms with Crippen molar-refractivity contribution in [3.05, 3.63) is 82.9 Å². The molecule has 3 aliphatic rings. The molecule has 2 amide bonds. The Morgan fingerprint density at radius 1 is 0.974 bits per heavy atom. The minimum Gasteiger partial charge on any atom is -0.454 e. The number of amides is 2. The van der Waals surface area contributed by atoms with E-state index in [4.69, 9.17) is 15.2 Å². The molecule has 0 bridgehead atoms. The number of ketones is 1. The lowest BCUT2D eigenvalue weighted by atomic mass is 9.87. The van der Waals surface area contributed by atoms with Gasteiger partial charge in [0.05, 0.1) is 5.41 Å². The van der Waals surface area contributed by atoms with Gasteiger partial charge < -0.3 is 20.1 Å². The van der Waals surface area contributed by atoms with E-state index in [1.807, 2.05) is 49.4 Å². The molecule has 7 nitrogen and oxygen atoms in total. The number of likely N-dealkylation sites (tertiary alicyclic amines) is 1. The lowest BCUT2D eigenvalue weighted by molar-refractivity contribution is -0.122. The molecule has 1 saturated heterocycles. The number of primary amides is 1. The number of benzene rings is 3. The number of carbonyl (C=O) groups excluding carboxylic acids is 3. The van der Waals surface area contributed by atoms with Crippen molar-refractivity contribution in [3.63, 3.8) is 0 Å². The molecule has 2 N–H and O–H groups in total. The van der Waals surface area contributed by atoms with Crippen LogP contribution in [-0.2, 0) is 21.4 Å². The number of fused-ring (bicyclic) bond motifs is 1. The molecular formula is C31H30N2O5. The Morgan fingerprint density at radius 2 is 1.74 bits per heavy atom. The van der Waals surface area contributed by atoms with E-state index >= 15 is 0 Å². The average molecular weight is 511 g/mol. The maximum atomic E-state index is 13.5. The number of carbonyl (C=O) groups is 3. The summed E-state index contributed by atoms with van der Waals surface area (Å²) in [5, 5.41) is 0. The number of nitrogens with zero attached hydrogens (tertiary/aromatic N) is 1. The molecule has 1 atom stereocenters. The van der Waals surface area contributed by atoms with Crippen molar-refractivity contribution in [1.82, 2.24) is 4.90 Å². The van der Waals surface area contributed by atoms with Crippen molar-refractivity contribution >= 4 is 17.6 Å². The second kappa shape index (κ2) is 9.31. The van der Waals surface area contributed by atoms with Gasteiger partial charge in [-0.1, -0.05) is 36.4 Å². The van der Waals surface area contributed by atoms with E-state index in [1.54, 1.807) is 17.0 Å². The Hall–Kier alpha value is -4.13. The van der Waals surface area contributed by atoms with E-state index in [0.717, 1.165) is 52.8 Å². The van der Waals surface area contributed by atoms with Gasteiger partial charge in [0.25, 0.3) is 5.91 Å². The van der Waals surface area contributed by atoms with E-state index in [0.29, 0.717) is 30.7 Å². The van der Waals surface area contributed by atoms with Gasteiger partial charge >= 0.3 is 0 Å². The summed E-state index contributed by atoms with van der Waals surface area (Å²) >= 11 is 0. The number of hydrogen-bond donors (Lipinski definition) is 1. The Morgan fingerprint density at radius 3 is 2.47 bits per heavy atom. The quantitative estimate of drug-likeness (QED) is 0.510. The van der Waals surface area contributed by atoms with Crippen LogP contribution in [0.3, 0.4) is 0 Å². The van der Waals surface area contributed by atoms with Crippen molar-refractivity contribution in [1.29, 1.82) is 0 Å². The van der Waals surface area contributed by atoms with Crippen molar-refractivity contribution < 1.29 is 23.9 Å². The molecule has 38 heavy (non-hydrogen) atoms. The average Bonchev–Trinajstić information content (AvgIpc) is 3.35. The van der Waals surface area contributed by atoms with Gasteiger partial charge in [0.15, 0.2) is 11.5 Å². The van der Waals surface area contributed by atoms with Crippen molar-refractivity contribution in [2.45, 2.75) is 50.5 Å². The third kappa shape index (κ3) is 4.22. The topological polar surface area (TPSA) is 98.9 Å². The summed E-state index contributed by atoms with van der Waals surface area (Å²) in [6.45, 7) is 2.79. The molecule has 6 rings (SSSR count). The van der Waals surface area contributed by atoms with E-state index in [2.05, 4.69) is 6.07 Å². The molecule has 3 aromatic rings. The van der Waals surface area contributed by atoms with Crippen LogP contribution in [0, 0.1) is 6.92 Å². The first-order valence-corrected chi connectivity index (χ1v) is 13.1. The zero-order valence-electron chi connectivity index (χ0n) is 21.4. The normalized spacial score (nSPS) is 18.9. The maximum absolute atomic E-state index is 13.5. The Kier molecular flexibility index (Phi) is 5.94. The van der Waals surface area contributed by atoms with Crippen LogP contribution in [0.5, 0.6) is 11.5 Å². The molecule has 194 valence electrons. The van der Waals surface area contributed by atoms with Crippen LogP contribution in [0.15, 0.2) is 60.7 Å². The standard InChI is InChI=1S/C31H30N2O5/c1-19-4-5-20(16-28(34)31(12-13-31)23-10-11-26-27(17-23)38-18-37-26)15-24(19)21-6-8-22(9-7-21)30(36)33-14-2-3-25(33)29(32)35/h4-11,15,17,25H,2-3,12-14,16,18H2,1H3,(H2,32,35)/t25-/m0/s1. The predicted molar refractivity (Wildman–Crippen MR) is 142 cm³/mol. The van der Waals surface area contributed by atoms with Crippen LogP contribution in [0.2, 0.25) is 0 Å². The van der Waals surface area contributed by atoms with Gasteiger partial charge in [-0.05, 0) is 84.7 Å². The lowest BCUT2D eigenvalue weighted by Gasteiger charge is -2.22. The summed E-state index contributed by atoms with van der Waals surface area (Å²) in [7, 11) is 0. The van der Waals surface area contributed by atoms with Crippen LogP contribution in [0.1, 0.15) is 52.7 Å². The van der Waals surface area contributed by atoms with E-state index in [-0.39, 0.29) is 18.5 Å². The van der Waals surface area contributed by atoms with Gasteiger partial charge in [-0.15, -0.1) is 0 Å². The highest BCUT2D eigenvalue weighted by Crippen LogP contribution is 2.51. The zero-order chi connectivity index (χ0) is 26.4. The van der Waals surface area contributed by atoms with Crippen molar-refractivity contribution in [2.24, 2.45) is 5.73 Å². The number of hydrogen-bond acceptors (Lipinski definition) is 5. The molecule has 0 aromatic heterocycles. The highest BCUT2D eigenvalue weighted by molar-refractivity contribution is 5.98. The minimum absolute atomic E-state index is 0.174. The molecule has 1 saturated carbocycles. The summed E-state index contributed by atoms with van der Waals surface area (Å²) in [6.07, 6.45) is 3.42. The molecular weight excluding hydrogens is 480 g/mol. The van der Waals surface area contributed by atoms with Gasteiger partial charge in [0, 0.05) is 18.5 Å². The highest BCUT2D eigenvalue weighted by Gasteiger charge is 2.50. The first kappa shape index (κ1) is 24.2. The van der Waals surface area contributed by atoms with E-state index in [1.165, 1.54) is 0 Å². The van der Waals surface area contributed by atoms with Crippen LogP contribution in [0.25, 0.3) is 11.1 Å². The number of Topliss-reactive ketones (excluding diaryl/α,β-unsaturated/α-hetero) is 1. The van der Waals surface area contributed by atoms with Gasteiger partial charge in [0.1, 0.15) is 11.8 Å². The fourth-order valence-corrected chi connectivity index (χ4v) is 5.76. The van der Waals surface area contributed by atoms with E-state index < -0.39 is 17.4 Å². The fourth-order valence-electron chi connectivity index (χ4n) is 5.76. The number of nitrogens with two attached hydrogens (primary N) is 1. The minimum atomic E-state index is -0.536. The number of rotatable bonds is 7. The smallest absolute Gasteiger partial charge is 0.254 e. The van der Waals surface area contributed by atoms with Crippen LogP contribution in [0.4, 0.5) is 0 Å². The third-order valence-electron chi connectivity index (χ3n) is 8.16. The first-order valence-electron chi connectivity index (χ1n) is 13.1. The fraction of sp³-hybridized carbons (Fsp3) is 0.323. The largest absolute Gasteiger partial charge is 0.454 e. The number of ether oxygens (including phenoxy) is 2. The van der Waals surface area contributed by atoms with Crippen LogP contribution >= 0.6 is 0 Å². The molecule has 2 fully saturated rings. The summed E-state index contributed by atoms with van der Waals surface area (Å²) < 4.78 is 11.0. The molecule has 0 spiro atoms. The summed E-state index contributed by atoms with van der Waals surface area (Å²) in [4.78, 5) is 39.8. The van der Waals surface area contributed by atoms with E-state index in [9.17, 15) is 14.4 Å². The highest BCUT2D eigenvalue weighted by atomic mass is 16.7. The monoisotopic (exact) mass is 510 g/mol. The van der Waals surface area contributed by atoms with Crippen molar-refractivity contribution in [2.75, 3.05) is 13.3 Å². The molecule has 2 aliphatic heterocycles. The van der Waals surface area contributed by atoms with Gasteiger partial charge in [-0.2, -0.15) is 0 Å². The second-order valence-corrected chi connectivity index (χ2v) is 10.5. The Balaban J connectivity index is 1.20. The summed E-state index contributed by atoms with van der Waals surface area (Å²) in [5.74, 6) is 1.01. The molecule has 2 heterocycles. The molecule has 0 unspecified atom stereocenters. The predicted octanol–water partition coefficient (Wildman–Crippen LogP) is 4.32. The van der Waals surface area contributed by atoms with Gasteiger partial charge in [-0.3, -0.25) is 14.4 Å². The Labute approximate surface area is 221 Å². The summed E-state index contributed by atoms with van der Waals surface area (Å²) in [5.41, 5.74) is 10.6. The third-order valence-corrected chi connectivity index (χ3v) is 8.16. The van der Waals surface area contributed by atoms with Crippen LogP contribution < -0.4 is 15.2 Å². The van der Waals surface area contributed by atoms with Gasteiger partial charge in [-0.25, -0.2) is 0 Å². The second-order valence-electron chi connectivity index (χ2n) is 10.5. The molecule has 0 radical (unpaired) electrons. The van der Waals surface area contributed by atoms with Crippen LogP contribution in [-0.4, -0.2) is 41.9 Å². The van der Waals surface area contributed by atoms with Crippen molar-refractivity contribution in [3.8, 4) is 22.6 Å². The zero-order valence-corrected chi connectivity index (χ0v) is 21.4.